The van der Waals surface area contributed by atoms with Crippen LogP contribution in [-0.2, 0) is 30.1 Å². The van der Waals surface area contributed by atoms with Gasteiger partial charge in [-0.2, -0.15) is 0 Å². The van der Waals surface area contributed by atoms with Gasteiger partial charge in [-0.25, -0.2) is 0 Å². The number of aromatic amines is 1. The maximum Gasteiger partial charge on any atom is 0.116 e. The molecule has 2 N–H and O–H groups in total. The Morgan fingerprint density at radius 1 is 1.07 bits per heavy atom. The molecule has 2 aromatic carbocycles. The molecule has 1 unspecified atom stereocenters. The fraction of sp³-hybridized carbons (Fsp3) is 0.520. The lowest BCUT2D eigenvalue weighted by Gasteiger charge is -2.32. The van der Waals surface area contributed by atoms with Gasteiger partial charge < -0.3 is 5.11 Å². The number of fused-ring (bicyclic) bond motifs is 2. The summed E-state index contributed by atoms with van der Waals surface area (Å²) < 4.78 is 0. The van der Waals surface area contributed by atoms with E-state index in [1.807, 2.05) is 12.1 Å². The van der Waals surface area contributed by atoms with E-state index < -0.39 is 0 Å². The Bertz CT molecular complexity index is 1050. The summed E-state index contributed by atoms with van der Waals surface area (Å²) in [5.41, 5.74) is 8.88. The van der Waals surface area contributed by atoms with Gasteiger partial charge in [0.25, 0.3) is 0 Å². The summed E-state index contributed by atoms with van der Waals surface area (Å²) >= 11 is 0. The molecule has 4 rings (SSSR count). The van der Waals surface area contributed by atoms with E-state index in [-0.39, 0.29) is 10.8 Å². The van der Waals surface area contributed by atoms with Crippen LogP contribution in [0.15, 0.2) is 24.3 Å². The highest BCUT2D eigenvalue weighted by Crippen LogP contribution is 2.39. The molecular formula is C25H33N3O. The van der Waals surface area contributed by atoms with E-state index in [9.17, 15) is 5.11 Å². The van der Waals surface area contributed by atoms with Gasteiger partial charge in [0.15, 0.2) is 0 Å². The van der Waals surface area contributed by atoms with Crippen molar-refractivity contribution in [2.75, 3.05) is 0 Å². The van der Waals surface area contributed by atoms with Gasteiger partial charge in [0.1, 0.15) is 11.3 Å². The van der Waals surface area contributed by atoms with Crippen molar-refractivity contribution in [1.29, 1.82) is 0 Å². The highest BCUT2D eigenvalue weighted by atomic mass is 16.3. The zero-order valence-electron chi connectivity index (χ0n) is 18.6. The molecule has 3 aromatic rings. The molecule has 1 heterocycles. The van der Waals surface area contributed by atoms with Crippen molar-refractivity contribution in [2.24, 2.45) is 5.92 Å². The number of aromatic nitrogens is 3. The quantitative estimate of drug-likeness (QED) is 0.597. The first kappa shape index (κ1) is 19.9. The monoisotopic (exact) mass is 391 g/mol. The van der Waals surface area contributed by atoms with Crippen LogP contribution in [-0.4, -0.2) is 20.5 Å². The summed E-state index contributed by atoms with van der Waals surface area (Å²) in [6, 6.07) is 8.28. The number of aromatic hydroxyl groups is 1. The molecule has 1 aliphatic rings. The first-order valence-electron chi connectivity index (χ1n) is 10.7. The predicted molar refractivity (Wildman–Crippen MR) is 119 cm³/mol. The van der Waals surface area contributed by atoms with E-state index in [2.05, 4.69) is 69.1 Å². The number of benzene rings is 2. The largest absolute Gasteiger partial charge is 0.508 e. The third-order valence-corrected chi connectivity index (χ3v) is 6.29. The second kappa shape index (κ2) is 6.86. The van der Waals surface area contributed by atoms with Crippen LogP contribution in [0.4, 0.5) is 0 Å². The van der Waals surface area contributed by atoms with E-state index in [0.717, 1.165) is 30.3 Å². The van der Waals surface area contributed by atoms with Crippen molar-refractivity contribution in [3.8, 4) is 5.75 Å². The standard InChI is InChI=1S/C25H33N3O/c1-24(2,3)20-14-18(29)13-17-12-15(7-9-19(17)20)11-16-8-10-21-23(27-28-26-21)22(16)25(4,5)6/h8,10,13-15,29H,7,9,11-12H2,1-6H3,(H,26,27,28). The first-order valence-corrected chi connectivity index (χ1v) is 10.7. The summed E-state index contributed by atoms with van der Waals surface area (Å²) in [6.07, 6.45) is 4.34. The molecule has 0 fully saturated rings. The number of phenolic OH excluding ortho intramolecular Hbond substituents is 1. The third kappa shape index (κ3) is 3.77. The van der Waals surface area contributed by atoms with Crippen molar-refractivity contribution < 1.29 is 5.11 Å². The van der Waals surface area contributed by atoms with Crippen molar-refractivity contribution in [2.45, 2.75) is 78.1 Å². The van der Waals surface area contributed by atoms with Crippen molar-refractivity contribution >= 4 is 11.0 Å². The number of nitrogens with one attached hydrogen (secondary N) is 1. The van der Waals surface area contributed by atoms with Gasteiger partial charge in [0.2, 0.25) is 0 Å². The first-order chi connectivity index (χ1) is 13.5. The summed E-state index contributed by atoms with van der Waals surface area (Å²) in [7, 11) is 0. The van der Waals surface area contributed by atoms with Crippen LogP contribution in [0.5, 0.6) is 5.75 Å². The number of hydrogen-bond donors (Lipinski definition) is 2. The fourth-order valence-corrected chi connectivity index (χ4v) is 5.10. The van der Waals surface area contributed by atoms with Gasteiger partial charge in [-0.3, -0.25) is 5.10 Å². The maximum atomic E-state index is 10.3. The fourth-order valence-electron chi connectivity index (χ4n) is 5.10. The van der Waals surface area contributed by atoms with Crippen molar-refractivity contribution in [3.05, 3.63) is 52.1 Å². The van der Waals surface area contributed by atoms with Gasteiger partial charge >= 0.3 is 0 Å². The van der Waals surface area contributed by atoms with Gasteiger partial charge in [-0.15, -0.1) is 5.10 Å². The minimum atomic E-state index is 0.0211. The number of nitrogens with zero attached hydrogens (tertiary/aromatic N) is 2. The van der Waals surface area contributed by atoms with Crippen LogP contribution < -0.4 is 0 Å². The molecule has 0 amide bonds. The lowest BCUT2D eigenvalue weighted by Crippen LogP contribution is -2.23. The zero-order valence-corrected chi connectivity index (χ0v) is 18.6. The Labute approximate surface area is 173 Å². The Morgan fingerprint density at radius 2 is 1.83 bits per heavy atom. The Kier molecular flexibility index (Phi) is 4.71. The maximum absolute atomic E-state index is 10.3. The molecule has 0 saturated carbocycles. The highest BCUT2D eigenvalue weighted by Gasteiger charge is 2.29. The molecule has 1 aliphatic carbocycles. The molecule has 1 aromatic heterocycles. The van der Waals surface area contributed by atoms with Crippen LogP contribution in [0.1, 0.15) is 75.8 Å². The summed E-state index contributed by atoms with van der Waals surface area (Å²) in [5.74, 6) is 0.973. The molecule has 4 nitrogen and oxygen atoms in total. The topological polar surface area (TPSA) is 61.8 Å². The molecule has 29 heavy (non-hydrogen) atoms. The molecule has 0 bridgehead atoms. The minimum Gasteiger partial charge on any atom is -0.508 e. The van der Waals surface area contributed by atoms with E-state index in [1.54, 1.807) is 0 Å². The van der Waals surface area contributed by atoms with Crippen molar-refractivity contribution in [3.63, 3.8) is 0 Å². The summed E-state index contributed by atoms with van der Waals surface area (Å²) in [6.45, 7) is 13.5. The second-order valence-electron chi connectivity index (χ2n) is 10.7. The van der Waals surface area contributed by atoms with Crippen LogP contribution in [0, 0.1) is 5.92 Å². The molecule has 0 spiro atoms. The molecule has 0 saturated heterocycles. The smallest absolute Gasteiger partial charge is 0.116 e. The molecule has 4 heteroatoms. The predicted octanol–water partition coefficient (Wildman–Crippen LogP) is 5.61. The normalized spacial score (nSPS) is 17.5. The van der Waals surface area contributed by atoms with E-state index in [1.165, 1.54) is 34.2 Å². The molecule has 1 atom stereocenters. The van der Waals surface area contributed by atoms with Crippen molar-refractivity contribution in [1.82, 2.24) is 15.4 Å². The van der Waals surface area contributed by atoms with E-state index in [0.29, 0.717) is 11.7 Å². The Hall–Kier alpha value is -2.36. The minimum absolute atomic E-state index is 0.0211. The SMILES string of the molecule is CC(C)(C)c1cc(O)cc2c1CCC(Cc1ccc3nn[nH]c3c1C(C)(C)C)C2. The molecule has 0 aliphatic heterocycles. The Morgan fingerprint density at radius 3 is 2.52 bits per heavy atom. The van der Waals surface area contributed by atoms with Crippen LogP contribution in [0.2, 0.25) is 0 Å². The number of hydrogen-bond acceptors (Lipinski definition) is 3. The zero-order chi connectivity index (χ0) is 21.0. The van der Waals surface area contributed by atoms with Gasteiger partial charge in [-0.1, -0.05) is 52.8 Å². The van der Waals surface area contributed by atoms with Crippen LogP contribution in [0.25, 0.3) is 11.0 Å². The van der Waals surface area contributed by atoms with Gasteiger partial charge in [0.05, 0.1) is 5.52 Å². The third-order valence-electron chi connectivity index (χ3n) is 6.29. The number of rotatable bonds is 2. The molecule has 0 radical (unpaired) electrons. The van der Waals surface area contributed by atoms with E-state index >= 15 is 0 Å². The second-order valence-corrected chi connectivity index (χ2v) is 10.7. The molecule has 154 valence electrons. The van der Waals surface area contributed by atoms with E-state index in [4.69, 9.17) is 0 Å². The average molecular weight is 392 g/mol. The highest BCUT2D eigenvalue weighted by molar-refractivity contribution is 5.80. The number of phenols is 1. The van der Waals surface area contributed by atoms with Crippen LogP contribution >= 0.6 is 0 Å². The lowest BCUT2D eigenvalue weighted by atomic mass is 9.73. The number of H-pyrrole nitrogens is 1. The van der Waals surface area contributed by atoms with Gasteiger partial charge in [0, 0.05) is 0 Å². The average Bonchev–Trinajstić information content (AvgIpc) is 3.07. The summed E-state index contributed by atoms with van der Waals surface area (Å²) in [5, 5.41) is 21.7. The van der Waals surface area contributed by atoms with Crippen LogP contribution in [0.3, 0.4) is 0 Å². The molecular weight excluding hydrogens is 358 g/mol. The Balaban J connectivity index is 1.68. The van der Waals surface area contributed by atoms with Gasteiger partial charge in [-0.05, 0) is 88.4 Å². The lowest BCUT2D eigenvalue weighted by molar-refractivity contribution is 0.434. The summed E-state index contributed by atoms with van der Waals surface area (Å²) in [4.78, 5) is 0.